The van der Waals surface area contributed by atoms with Crippen LogP contribution in [0.2, 0.25) is 0 Å². The summed E-state index contributed by atoms with van der Waals surface area (Å²) in [6, 6.07) is 29.7. The first kappa shape index (κ1) is 24.5. The molecule has 1 aliphatic heterocycles. The molecule has 0 fully saturated rings. The Hall–Kier alpha value is -4.15. The molecule has 1 unspecified atom stereocenters. The Balaban J connectivity index is 1.54. The van der Waals surface area contributed by atoms with E-state index in [1.807, 2.05) is 42.8 Å². The van der Waals surface area contributed by atoms with Crippen LogP contribution in [0.25, 0.3) is 28.0 Å². The van der Waals surface area contributed by atoms with Gasteiger partial charge in [-0.3, -0.25) is 4.98 Å². The fourth-order valence-electron chi connectivity index (χ4n) is 4.29. The Morgan fingerprint density at radius 1 is 0.703 bits per heavy atom. The number of benzene rings is 3. The van der Waals surface area contributed by atoms with E-state index in [4.69, 9.17) is 0 Å². The minimum Gasteiger partial charge on any atom is -0.381 e. The summed E-state index contributed by atoms with van der Waals surface area (Å²) in [6.07, 6.45) is 18.2. The average molecular weight is 547 g/mol. The first-order valence-electron chi connectivity index (χ1n) is 12.3. The summed E-state index contributed by atoms with van der Waals surface area (Å²) >= 11 is 3.73. The van der Waals surface area contributed by atoms with Crippen molar-refractivity contribution in [1.29, 1.82) is 0 Å². The van der Waals surface area contributed by atoms with Crippen molar-refractivity contribution >= 4 is 21.6 Å². The average Bonchev–Trinajstić information content (AvgIpc) is 2.94. The molecule has 0 bridgehead atoms. The summed E-state index contributed by atoms with van der Waals surface area (Å²) in [6.45, 7) is 0.729. The summed E-state index contributed by atoms with van der Waals surface area (Å²) in [5.41, 5.74) is 7.98. The summed E-state index contributed by atoms with van der Waals surface area (Å²) in [4.78, 5) is 4.31. The SMILES string of the molecule is Brc1cc(-c2cccnc2)cc(C2/C=C(/c3ccc(-c4ccccc4)cc3)NC/C=C/C=C\C=C/N2)c1. The van der Waals surface area contributed by atoms with Crippen LogP contribution in [-0.2, 0) is 0 Å². The van der Waals surface area contributed by atoms with Crippen LogP contribution in [0, 0.1) is 0 Å². The molecule has 5 rings (SSSR count). The molecule has 182 valence electrons. The van der Waals surface area contributed by atoms with Gasteiger partial charge >= 0.3 is 0 Å². The molecule has 1 aliphatic rings. The highest BCUT2D eigenvalue weighted by Crippen LogP contribution is 2.30. The molecular weight excluding hydrogens is 518 g/mol. The molecule has 1 atom stereocenters. The fraction of sp³-hybridized carbons (Fsp3) is 0.0606. The smallest absolute Gasteiger partial charge is 0.0716 e. The van der Waals surface area contributed by atoms with Crippen molar-refractivity contribution in [3.63, 3.8) is 0 Å². The van der Waals surface area contributed by atoms with Gasteiger partial charge < -0.3 is 10.6 Å². The molecule has 0 saturated heterocycles. The third-order valence-corrected chi connectivity index (χ3v) is 6.62. The Morgan fingerprint density at radius 2 is 1.46 bits per heavy atom. The zero-order chi connectivity index (χ0) is 25.3. The fourth-order valence-corrected chi connectivity index (χ4v) is 4.80. The van der Waals surface area contributed by atoms with Gasteiger partial charge in [0.05, 0.1) is 6.04 Å². The maximum absolute atomic E-state index is 4.31. The molecule has 2 heterocycles. The van der Waals surface area contributed by atoms with Crippen LogP contribution in [-0.4, -0.2) is 11.5 Å². The van der Waals surface area contributed by atoms with E-state index in [0.29, 0.717) is 0 Å². The Kier molecular flexibility index (Phi) is 8.09. The highest BCUT2D eigenvalue weighted by atomic mass is 79.9. The monoisotopic (exact) mass is 545 g/mol. The highest BCUT2D eigenvalue weighted by Gasteiger charge is 2.13. The Labute approximate surface area is 227 Å². The van der Waals surface area contributed by atoms with Crippen molar-refractivity contribution in [2.24, 2.45) is 0 Å². The predicted octanol–water partition coefficient (Wildman–Crippen LogP) is 8.08. The van der Waals surface area contributed by atoms with Crippen molar-refractivity contribution in [1.82, 2.24) is 15.6 Å². The second-order valence-electron chi connectivity index (χ2n) is 8.74. The van der Waals surface area contributed by atoms with Crippen LogP contribution in [0.15, 0.2) is 144 Å². The maximum Gasteiger partial charge on any atom is 0.0716 e. The van der Waals surface area contributed by atoms with Gasteiger partial charge in [0.2, 0.25) is 0 Å². The van der Waals surface area contributed by atoms with E-state index in [1.165, 1.54) is 11.1 Å². The minimum absolute atomic E-state index is 0.0581. The quantitative estimate of drug-likeness (QED) is 0.272. The lowest BCUT2D eigenvalue weighted by atomic mass is 9.98. The van der Waals surface area contributed by atoms with E-state index in [9.17, 15) is 0 Å². The number of halogens is 1. The van der Waals surface area contributed by atoms with Gasteiger partial charge in [-0.05, 0) is 70.4 Å². The summed E-state index contributed by atoms with van der Waals surface area (Å²) in [5, 5.41) is 7.22. The zero-order valence-corrected chi connectivity index (χ0v) is 22.0. The number of nitrogens with zero attached hydrogens (tertiary/aromatic N) is 1. The first-order chi connectivity index (χ1) is 18.3. The zero-order valence-electron chi connectivity index (χ0n) is 20.4. The Bertz CT molecular complexity index is 1440. The molecule has 3 aromatic carbocycles. The van der Waals surface area contributed by atoms with E-state index in [-0.39, 0.29) is 6.04 Å². The van der Waals surface area contributed by atoms with Crippen LogP contribution < -0.4 is 10.6 Å². The number of hydrogen-bond donors (Lipinski definition) is 2. The van der Waals surface area contributed by atoms with Gasteiger partial charge in [0, 0.05) is 34.7 Å². The van der Waals surface area contributed by atoms with Crippen LogP contribution in [0.4, 0.5) is 0 Å². The predicted molar refractivity (Wildman–Crippen MR) is 159 cm³/mol. The molecule has 0 spiro atoms. The van der Waals surface area contributed by atoms with Crippen molar-refractivity contribution in [2.45, 2.75) is 6.04 Å². The Morgan fingerprint density at radius 3 is 2.27 bits per heavy atom. The molecule has 0 radical (unpaired) electrons. The lowest BCUT2D eigenvalue weighted by Crippen LogP contribution is -2.18. The molecule has 3 nitrogen and oxygen atoms in total. The summed E-state index contributed by atoms with van der Waals surface area (Å²) in [7, 11) is 0. The molecule has 0 amide bonds. The molecule has 4 aromatic rings. The summed E-state index contributed by atoms with van der Waals surface area (Å²) < 4.78 is 1.03. The van der Waals surface area contributed by atoms with Crippen molar-refractivity contribution in [3.8, 4) is 22.3 Å². The molecule has 0 saturated carbocycles. The summed E-state index contributed by atoms with van der Waals surface area (Å²) in [5.74, 6) is 0. The number of nitrogens with one attached hydrogen (secondary N) is 2. The second kappa shape index (κ2) is 12.2. The van der Waals surface area contributed by atoms with Crippen LogP contribution in [0.5, 0.6) is 0 Å². The van der Waals surface area contributed by atoms with Crippen LogP contribution in [0.1, 0.15) is 17.2 Å². The molecular formula is C33H28BrN3. The molecule has 37 heavy (non-hydrogen) atoms. The van der Waals surface area contributed by atoms with E-state index >= 15 is 0 Å². The van der Waals surface area contributed by atoms with Crippen molar-refractivity contribution in [2.75, 3.05) is 6.54 Å². The van der Waals surface area contributed by atoms with Crippen molar-refractivity contribution < 1.29 is 0 Å². The maximum atomic E-state index is 4.31. The number of aromatic nitrogens is 1. The van der Waals surface area contributed by atoms with Gasteiger partial charge in [-0.1, -0.05) is 101 Å². The van der Waals surface area contributed by atoms with Gasteiger partial charge in [-0.25, -0.2) is 0 Å². The topological polar surface area (TPSA) is 37.0 Å². The number of hydrogen-bond acceptors (Lipinski definition) is 3. The minimum atomic E-state index is -0.0581. The second-order valence-corrected chi connectivity index (χ2v) is 9.65. The van der Waals surface area contributed by atoms with Crippen LogP contribution >= 0.6 is 15.9 Å². The number of pyridine rings is 1. The van der Waals surface area contributed by atoms with Gasteiger partial charge in [-0.2, -0.15) is 0 Å². The third-order valence-electron chi connectivity index (χ3n) is 6.16. The van der Waals surface area contributed by atoms with Gasteiger partial charge in [0.25, 0.3) is 0 Å². The van der Waals surface area contributed by atoms with E-state index in [2.05, 4.69) is 123 Å². The van der Waals surface area contributed by atoms with Crippen LogP contribution in [0.3, 0.4) is 0 Å². The molecule has 2 N–H and O–H groups in total. The standard InChI is InChI=1S/C33H28BrN3/c34-31-21-29(28-12-9-17-35-24-28)20-30(22-31)33-23-32(36-18-7-2-1-3-8-19-37-33)27-15-13-26(14-16-27)25-10-5-4-6-11-25/h1-17,19-24,33,36-37H,18H2/b3-1-,7-2+,19-8-,32-23-. The third kappa shape index (κ3) is 6.54. The molecule has 4 heteroatoms. The van der Waals surface area contributed by atoms with E-state index < -0.39 is 0 Å². The molecule has 1 aromatic heterocycles. The first-order valence-corrected chi connectivity index (χ1v) is 13.1. The lowest BCUT2D eigenvalue weighted by Gasteiger charge is -2.20. The molecule has 0 aliphatic carbocycles. The van der Waals surface area contributed by atoms with E-state index in [0.717, 1.165) is 39.0 Å². The largest absolute Gasteiger partial charge is 0.381 e. The number of rotatable bonds is 4. The van der Waals surface area contributed by atoms with Gasteiger partial charge in [0.1, 0.15) is 0 Å². The highest BCUT2D eigenvalue weighted by molar-refractivity contribution is 9.10. The lowest BCUT2D eigenvalue weighted by molar-refractivity contribution is 0.751. The van der Waals surface area contributed by atoms with Gasteiger partial charge in [-0.15, -0.1) is 0 Å². The number of allylic oxidation sites excluding steroid dienone is 4. The normalized spacial score (nSPS) is 19.6. The van der Waals surface area contributed by atoms with E-state index in [1.54, 1.807) is 6.20 Å². The van der Waals surface area contributed by atoms with Crippen molar-refractivity contribution in [3.05, 3.63) is 156 Å². The van der Waals surface area contributed by atoms with Gasteiger partial charge in [0.15, 0.2) is 0 Å².